The minimum atomic E-state index is 0.0347. The molecule has 2 N–H and O–H groups in total. The number of hydrogen-bond donors (Lipinski definition) is 2. The molecule has 0 radical (unpaired) electrons. The van der Waals surface area contributed by atoms with Gasteiger partial charge in [-0.05, 0) is 24.3 Å². The molecule has 18 heavy (non-hydrogen) atoms. The quantitative estimate of drug-likeness (QED) is 0.795. The second kappa shape index (κ2) is 6.85. The summed E-state index contributed by atoms with van der Waals surface area (Å²) in [5, 5.41) is 17.8. The van der Waals surface area contributed by atoms with Crippen molar-refractivity contribution in [1.29, 1.82) is 0 Å². The summed E-state index contributed by atoms with van der Waals surface area (Å²) >= 11 is 0. The van der Waals surface area contributed by atoms with E-state index < -0.39 is 0 Å². The van der Waals surface area contributed by atoms with Gasteiger partial charge >= 0.3 is 0 Å². The highest BCUT2D eigenvalue weighted by Crippen LogP contribution is 2.12. The Labute approximate surface area is 104 Å². The van der Waals surface area contributed by atoms with Crippen molar-refractivity contribution in [3.8, 4) is 11.5 Å². The summed E-state index contributed by atoms with van der Waals surface area (Å²) in [4.78, 5) is 20.1. The zero-order valence-electron chi connectivity index (χ0n) is 9.48. The Balaban J connectivity index is 0.000000180. The fourth-order valence-electron chi connectivity index (χ4n) is 1.17. The fourth-order valence-corrected chi connectivity index (χ4v) is 1.17. The Kier molecular flexibility index (Phi) is 5.12. The maximum Gasteiger partial charge on any atom is 0.153 e. The SMILES string of the molecule is O=Cc1ccccc1O.O=Cc1ccccc1O. The highest BCUT2D eigenvalue weighted by Gasteiger charge is 1.93. The van der Waals surface area contributed by atoms with E-state index in [-0.39, 0.29) is 11.5 Å². The second-order valence-electron chi connectivity index (χ2n) is 3.35. The third-order valence-corrected chi connectivity index (χ3v) is 2.13. The summed E-state index contributed by atoms with van der Waals surface area (Å²) in [5.41, 5.74) is 0.662. The molecule has 0 saturated carbocycles. The van der Waals surface area contributed by atoms with Crippen LogP contribution >= 0.6 is 0 Å². The van der Waals surface area contributed by atoms with Crippen molar-refractivity contribution in [3.63, 3.8) is 0 Å². The van der Waals surface area contributed by atoms with E-state index in [1.165, 1.54) is 12.1 Å². The number of rotatable bonds is 2. The molecule has 0 amide bonds. The largest absolute Gasteiger partial charge is 0.507 e. The molecule has 0 heterocycles. The first-order chi connectivity index (χ1) is 8.69. The number of hydrogen-bond acceptors (Lipinski definition) is 4. The second-order valence-corrected chi connectivity index (χ2v) is 3.35. The summed E-state index contributed by atoms with van der Waals surface area (Å²) in [6.45, 7) is 0. The molecule has 92 valence electrons. The summed E-state index contributed by atoms with van der Waals surface area (Å²) < 4.78 is 0. The van der Waals surface area contributed by atoms with Crippen molar-refractivity contribution in [2.45, 2.75) is 0 Å². The Bertz CT molecular complexity index is 485. The van der Waals surface area contributed by atoms with Crippen molar-refractivity contribution in [1.82, 2.24) is 0 Å². The molecule has 0 bridgehead atoms. The van der Waals surface area contributed by atoms with Crippen molar-refractivity contribution in [3.05, 3.63) is 59.7 Å². The Hall–Kier alpha value is -2.62. The van der Waals surface area contributed by atoms with Gasteiger partial charge in [0, 0.05) is 0 Å². The smallest absolute Gasteiger partial charge is 0.153 e. The number of phenols is 2. The van der Waals surface area contributed by atoms with Crippen molar-refractivity contribution < 1.29 is 19.8 Å². The molecular weight excluding hydrogens is 232 g/mol. The monoisotopic (exact) mass is 244 g/mol. The number of aromatic hydroxyl groups is 2. The lowest BCUT2D eigenvalue weighted by Crippen LogP contribution is -1.77. The lowest BCUT2D eigenvalue weighted by atomic mass is 10.2. The number of para-hydroxylation sites is 2. The molecule has 0 spiro atoms. The van der Waals surface area contributed by atoms with Gasteiger partial charge in [-0.1, -0.05) is 24.3 Å². The van der Waals surface area contributed by atoms with Gasteiger partial charge < -0.3 is 10.2 Å². The number of aldehydes is 2. The molecule has 4 nitrogen and oxygen atoms in total. The molecule has 0 atom stereocenters. The maximum absolute atomic E-state index is 10.1. The van der Waals surface area contributed by atoms with Crippen LogP contribution in [-0.2, 0) is 0 Å². The normalized spacial score (nSPS) is 8.89. The van der Waals surface area contributed by atoms with Crippen LogP contribution in [0.25, 0.3) is 0 Å². The van der Waals surface area contributed by atoms with Gasteiger partial charge in [-0.15, -0.1) is 0 Å². The van der Waals surface area contributed by atoms with E-state index in [0.29, 0.717) is 23.7 Å². The number of benzene rings is 2. The van der Waals surface area contributed by atoms with Crippen LogP contribution in [0.3, 0.4) is 0 Å². The first-order valence-corrected chi connectivity index (χ1v) is 5.15. The third-order valence-electron chi connectivity index (χ3n) is 2.13. The predicted molar refractivity (Wildman–Crippen MR) is 67.0 cm³/mol. The molecule has 0 fully saturated rings. The lowest BCUT2D eigenvalue weighted by Gasteiger charge is -1.91. The van der Waals surface area contributed by atoms with Crippen LogP contribution in [0, 0.1) is 0 Å². The maximum atomic E-state index is 10.1. The predicted octanol–water partition coefficient (Wildman–Crippen LogP) is 2.41. The summed E-state index contributed by atoms with van der Waals surface area (Å²) in [7, 11) is 0. The van der Waals surface area contributed by atoms with Gasteiger partial charge in [-0.2, -0.15) is 0 Å². The van der Waals surface area contributed by atoms with Crippen LogP contribution in [0.1, 0.15) is 20.7 Å². The van der Waals surface area contributed by atoms with Gasteiger partial charge in [0.15, 0.2) is 12.6 Å². The highest BCUT2D eigenvalue weighted by molar-refractivity contribution is 5.79. The van der Waals surface area contributed by atoms with Crippen LogP contribution < -0.4 is 0 Å². The van der Waals surface area contributed by atoms with E-state index in [9.17, 15) is 9.59 Å². The summed E-state index contributed by atoms with van der Waals surface area (Å²) in [5.74, 6) is 0.0694. The first-order valence-electron chi connectivity index (χ1n) is 5.15. The van der Waals surface area contributed by atoms with Gasteiger partial charge in [-0.25, -0.2) is 0 Å². The number of phenolic OH excluding ortho intramolecular Hbond substituents is 2. The number of carbonyl (C=O) groups excluding carboxylic acids is 2. The Morgan fingerprint density at radius 3 is 1.22 bits per heavy atom. The molecule has 0 aliphatic rings. The van der Waals surface area contributed by atoms with Crippen LogP contribution in [-0.4, -0.2) is 22.8 Å². The van der Waals surface area contributed by atoms with Gasteiger partial charge in [0.25, 0.3) is 0 Å². The average Bonchev–Trinajstić information content (AvgIpc) is 2.41. The molecular formula is C14H12O4. The molecule has 0 aliphatic carbocycles. The molecule has 2 aromatic carbocycles. The molecule has 0 unspecified atom stereocenters. The summed E-state index contributed by atoms with van der Waals surface area (Å²) in [6.07, 6.45) is 1.24. The first kappa shape index (κ1) is 13.4. The minimum absolute atomic E-state index is 0.0347. The molecule has 0 saturated heterocycles. The Morgan fingerprint density at radius 2 is 1.00 bits per heavy atom. The van der Waals surface area contributed by atoms with Crippen LogP contribution in [0.15, 0.2) is 48.5 Å². The lowest BCUT2D eigenvalue weighted by molar-refractivity contribution is 0.111. The standard InChI is InChI=1S/2C7H6O2/c2*8-5-6-3-1-2-4-7(6)9/h2*1-5,9H. The van der Waals surface area contributed by atoms with E-state index in [2.05, 4.69) is 0 Å². The van der Waals surface area contributed by atoms with Crippen LogP contribution in [0.5, 0.6) is 11.5 Å². The molecule has 2 rings (SSSR count). The average molecular weight is 244 g/mol. The van der Waals surface area contributed by atoms with Crippen LogP contribution in [0.4, 0.5) is 0 Å². The molecule has 0 aliphatic heterocycles. The van der Waals surface area contributed by atoms with E-state index >= 15 is 0 Å². The molecule has 4 heteroatoms. The molecule has 0 aromatic heterocycles. The van der Waals surface area contributed by atoms with Gasteiger partial charge in [0.1, 0.15) is 11.5 Å². The van der Waals surface area contributed by atoms with Crippen molar-refractivity contribution >= 4 is 12.6 Å². The summed E-state index contributed by atoms with van der Waals surface area (Å²) in [6, 6.07) is 12.8. The third kappa shape index (κ3) is 3.75. The van der Waals surface area contributed by atoms with Gasteiger partial charge in [0.05, 0.1) is 11.1 Å². The van der Waals surface area contributed by atoms with Crippen LogP contribution in [0.2, 0.25) is 0 Å². The Morgan fingerprint density at radius 1 is 0.667 bits per heavy atom. The zero-order chi connectivity index (χ0) is 13.4. The van der Waals surface area contributed by atoms with Gasteiger partial charge in [0.2, 0.25) is 0 Å². The minimum Gasteiger partial charge on any atom is -0.507 e. The van der Waals surface area contributed by atoms with E-state index in [1.807, 2.05) is 0 Å². The van der Waals surface area contributed by atoms with Crippen molar-refractivity contribution in [2.24, 2.45) is 0 Å². The topological polar surface area (TPSA) is 74.6 Å². The van der Waals surface area contributed by atoms with Crippen molar-refractivity contribution in [2.75, 3.05) is 0 Å². The van der Waals surface area contributed by atoms with Gasteiger partial charge in [-0.3, -0.25) is 9.59 Å². The highest BCUT2D eigenvalue weighted by atomic mass is 16.3. The number of carbonyl (C=O) groups is 2. The van der Waals surface area contributed by atoms with E-state index in [0.717, 1.165) is 0 Å². The fraction of sp³-hybridized carbons (Fsp3) is 0. The van der Waals surface area contributed by atoms with E-state index in [4.69, 9.17) is 10.2 Å². The zero-order valence-corrected chi connectivity index (χ0v) is 9.48. The van der Waals surface area contributed by atoms with E-state index in [1.54, 1.807) is 36.4 Å². The molecule has 2 aromatic rings.